The molecule has 2 aromatic rings. The van der Waals surface area contributed by atoms with Gasteiger partial charge in [0.2, 0.25) is 0 Å². The highest BCUT2D eigenvalue weighted by atomic mass is 35.5. The number of halogens is 2. The monoisotopic (exact) mass is 407 g/mol. The predicted molar refractivity (Wildman–Crippen MR) is 117 cm³/mol. The van der Waals surface area contributed by atoms with Crippen molar-refractivity contribution in [3.8, 4) is 5.75 Å². The van der Waals surface area contributed by atoms with Gasteiger partial charge in [0.05, 0.1) is 5.02 Å². The summed E-state index contributed by atoms with van der Waals surface area (Å²) in [5.41, 5.74) is 3.54. The fourth-order valence-corrected chi connectivity index (χ4v) is 4.06. The van der Waals surface area contributed by atoms with E-state index in [9.17, 15) is 0 Å². The largest absolute Gasteiger partial charge is 0.487 e. The zero-order valence-corrected chi connectivity index (χ0v) is 18.8. The Labute approximate surface area is 174 Å². The van der Waals surface area contributed by atoms with E-state index in [1.807, 2.05) is 6.07 Å². The minimum Gasteiger partial charge on any atom is -0.487 e. The minimum atomic E-state index is -0.0126. The maximum absolute atomic E-state index is 6.45. The van der Waals surface area contributed by atoms with Crippen molar-refractivity contribution in [2.24, 2.45) is 5.41 Å². The van der Waals surface area contributed by atoms with E-state index in [1.165, 1.54) is 5.56 Å². The molecule has 0 bridgehead atoms. The molecule has 0 amide bonds. The molecule has 0 saturated heterocycles. The van der Waals surface area contributed by atoms with Gasteiger partial charge in [0.25, 0.3) is 0 Å². The number of hydrogen-bond donors (Lipinski definition) is 1. The number of ether oxygens (including phenoxy) is 1. The van der Waals surface area contributed by atoms with E-state index in [0.717, 1.165) is 17.5 Å². The molecule has 0 aliphatic heterocycles. The molecule has 0 aliphatic rings. The molecule has 148 valence electrons. The van der Waals surface area contributed by atoms with Crippen LogP contribution in [0.3, 0.4) is 0 Å². The van der Waals surface area contributed by atoms with Crippen molar-refractivity contribution in [1.29, 1.82) is 0 Å². The van der Waals surface area contributed by atoms with Crippen LogP contribution in [0, 0.1) is 12.3 Å². The van der Waals surface area contributed by atoms with Gasteiger partial charge in [-0.25, -0.2) is 0 Å². The Morgan fingerprint density at radius 2 is 1.59 bits per heavy atom. The third-order valence-corrected chi connectivity index (χ3v) is 4.82. The average Bonchev–Trinajstić information content (AvgIpc) is 2.51. The van der Waals surface area contributed by atoms with E-state index in [0.29, 0.717) is 28.9 Å². The summed E-state index contributed by atoms with van der Waals surface area (Å²) in [4.78, 5) is 0. The van der Waals surface area contributed by atoms with E-state index in [-0.39, 0.29) is 11.0 Å². The Morgan fingerprint density at radius 1 is 0.963 bits per heavy atom. The molecule has 0 aliphatic carbocycles. The first kappa shape index (κ1) is 22.1. The Bertz CT molecular complexity index is 761. The number of aryl methyl sites for hydroxylation is 1. The second-order valence-corrected chi connectivity index (χ2v) is 9.97. The van der Waals surface area contributed by atoms with Crippen molar-refractivity contribution in [3.63, 3.8) is 0 Å². The highest BCUT2D eigenvalue weighted by molar-refractivity contribution is 6.35. The van der Waals surface area contributed by atoms with Gasteiger partial charge in [0.15, 0.2) is 0 Å². The lowest BCUT2D eigenvalue weighted by atomic mass is 9.82. The highest BCUT2D eigenvalue weighted by Crippen LogP contribution is 2.34. The number of rotatable bonds is 7. The number of nitrogens with one attached hydrogen (secondary N) is 1. The molecule has 0 heterocycles. The number of hydrogen-bond acceptors (Lipinski definition) is 2. The van der Waals surface area contributed by atoms with Crippen LogP contribution in [0.1, 0.15) is 57.7 Å². The van der Waals surface area contributed by atoms with Crippen molar-refractivity contribution in [2.45, 2.75) is 66.7 Å². The summed E-state index contributed by atoms with van der Waals surface area (Å²) >= 11 is 12.7. The van der Waals surface area contributed by atoms with Gasteiger partial charge in [-0.15, -0.1) is 0 Å². The van der Waals surface area contributed by atoms with Gasteiger partial charge >= 0.3 is 0 Å². The van der Waals surface area contributed by atoms with Crippen LogP contribution in [0.15, 0.2) is 36.4 Å². The third-order valence-electron chi connectivity index (χ3n) is 4.32. The molecule has 0 fully saturated rings. The van der Waals surface area contributed by atoms with Gasteiger partial charge in [-0.3, -0.25) is 0 Å². The van der Waals surface area contributed by atoms with Crippen LogP contribution in [-0.2, 0) is 13.2 Å². The fraction of sp³-hybridized carbons (Fsp3) is 0.478. The van der Waals surface area contributed by atoms with Crippen LogP contribution in [0.4, 0.5) is 0 Å². The summed E-state index contributed by atoms with van der Waals surface area (Å²) in [6, 6.07) is 12.0. The first-order valence-corrected chi connectivity index (χ1v) is 10.1. The minimum absolute atomic E-state index is 0.0126. The zero-order valence-electron chi connectivity index (χ0n) is 17.2. The SMILES string of the molecule is Cc1ccc(COc2c(Cl)cc(Cl)cc2CNC(C)(C)CC(C)(C)C)cc1. The van der Waals surface area contributed by atoms with Crippen LogP contribution in [-0.4, -0.2) is 5.54 Å². The molecular formula is C23H31Cl2NO. The zero-order chi connectivity index (χ0) is 20.2. The third kappa shape index (κ3) is 7.37. The molecule has 2 aromatic carbocycles. The van der Waals surface area contributed by atoms with Gasteiger partial charge in [-0.1, -0.05) is 73.8 Å². The van der Waals surface area contributed by atoms with Crippen molar-refractivity contribution in [3.05, 3.63) is 63.1 Å². The van der Waals surface area contributed by atoms with Crippen molar-refractivity contribution >= 4 is 23.2 Å². The van der Waals surface area contributed by atoms with E-state index in [4.69, 9.17) is 27.9 Å². The van der Waals surface area contributed by atoms with Crippen molar-refractivity contribution in [2.75, 3.05) is 0 Å². The Balaban J connectivity index is 2.14. The summed E-state index contributed by atoms with van der Waals surface area (Å²) in [6.45, 7) is 14.4. The van der Waals surface area contributed by atoms with E-state index >= 15 is 0 Å². The molecule has 0 spiro atoms. The van der Waals surface area contributed by atoms with Crippen LogP contribution in [0.2, 0.25) is 10.0 Å². The molecule has 0 radical (unpaired) electrons. The van der Waals surface area contributed by atoms with Crippen LogP contribution < -0.4 is 10.1 Å². The Kier molecular flexibility index (Phi) is 7.24. The summed E-state index contributed by atoms with van der Waals surface area (Å²) in [5, 5.41) is 4.80. The molecule has 0 atom stereocenters. The summed E-state index contributed by atoms with van der Waals surface area (Å²) in [6.07, 6.45) is 1.05. The van der Waals surface area contributed by atoms with Crippen LogP contribution >= 0.6 is 23.2 Å². The topological polar surface area (TPSA) is 21.3 Å². The molecule has 2 rings (SSSR count). The summed E-state index contributed by atoms with van der Waals surface area (Å²) in [5.74, 6) is 0.695. The Morgan fingerprint density at radius 3 is 2.19 bits per heavy atom. The molecule has 4 heteroatoms. The maximum atomic E-state index is 6.45. The lowest BCUT2D eigenvalue weighted by Gasteiger charge is -2.33. The molecule has 27 heavy (non-hydrogen) atoms. The van der Waals surface area contributed by atoms with E-state index in [2.05, 4.69) is 71.1 Å². The summed E-state index contributed by atoms with van der Waals surface area (Å²) < 4.78 is 6.08. The highest BCUT2D eigenvalue weighted by Gasteiger charge is 2.25. The second-order valence-electron chi connectivity index (χ2n) is 9.13. The fourth-order valence-electron chi connectivity index (χ4n) is 3.47. The van der Waals surface area contributed by atoms with Crippen molar-refractivity contribution < 1.29 is 4.74 Å². The molecule has 2 nitrogen and oxygen atoms in total. The molecule has 1 N–H and O–H groups in total. The number of benzene rings is 2. The molecule has 0 saturated carbocycles. The summed E-state index contributed by atoms with van der Waals surface area (Å²) in [7, 11) is 0. The lowest BCUT2D eigenvalue weighted by Crippen LogP contribution is -2.41. The Hall–Kier alpha value is -1.22. The second kappa shape index (κ2) is 8.86. The molecular weight excluding hydrogens is 377 g/mol. The van der Waals surface area contributed by atoms with Gasteiger partial charge < -0.3 is 10.1 Å². The average molecular weight is 408 g/mol. The quantitative estimate of drug-likeness (QED) is 0.524. The molecule has 0 unspecified atom stereocenters. The normalized spacial score (nSPS) is 12.3. The van der Waals surface area contributed by atoms with E-state index < -0.39 is 0 Å². The van der Waals surface area contributed by atoms with Crippen LogP contribution in [0.5, 0.6) is 5.75 Å². The van der Waals surface area contributed by atoms with E-state index in [1.54, 1.807) is 6.07 Å². The lowest BCUT2D eigenvalue weighted by molar-refractivity contribution is 0.238. The first-order chi connectivity index (χ1) is 12.5. The van der Waals surface area contributed by atoms with Gasteiger partial charge in [-0.05, 0) is 50.3 Å². The smallest absolute Gasteiger partial charge is 0.142 e. The standard InChI is InChI=1S/C23H31Cl2NO/c1-16-7-9-17(10-8-16)14-27-21-18(11-19(24)12-20(21)25)13-26-23(5,6)15-22(2,3)4/h7-12,26H,13-15H2,1-6H3. The van der Waals surface area contributed by atoms with Gasteiger partial charge in [-0.2, -0.15) is 0 Å². The van der Waals surface area contributed by atoms with Gasteiger partial charge in [0, 0.05) is 22.7 Å². The van der Waals surface area contributed by atoms with Crippen molar-refractivity contribution in [1.82, 2.24) is 5.32 Å². The predicted octanol–water partition coefficient (Wildman–Crippen LogP) is 7.19. The maximum Gasteiger partial charge on any atom is 0.142 e. The molecule has 0 aromatic heterocycles. The van der Waals surface area contributed by atoms with Crippen LogP contribution in [0.25, 0.3) is 0 Å². The first-order valence-electron chi connectivity index (χ1n) is 9.36. The van der Waals surface area contributed by atoms with Gasteiger partial charge in [0.1, 0.15) is 12.4 Å².